The minimum absolute atomic E-state index is 0.533. The number of rotatable bonds is 2. The summed E-state index contributed by atoms with van der Waals surface area (Å²) in [6.45, 7) is 4.57. The molecular formula is C12H14BrN3. The molecule has 0 aliphatic rings. The monoisotopic (exact) mass is 279 g/mol. The summed E-state index contributed by atoms with van der Waals surface area (Å²) in [6.07, 6.45) is 0. The van der Waals surface area contributed by atoms with Crippen molar-refractivity contribution >= 4 is 15.9 Å². The quantitative estimate of drug-likeness (QED) is 0.919. The molecule has 0 saturated heterocycles. The first-order valence-corrected chi connectivity index (χ1v) is 5.92. The van der Waals surface area contributed by atoms with Crippen molar-refractivity contribution in [1.82, 2.24) is 9.78 Å². The summed E-state index contributed by atoms with van der Waals surface area (Å²) in [5.74, 6) is 0. The van der Waals surface area contributed by atoms with E-state index in [0.29, 0.717) is 6.54 Å². The zero-order valence-corrected chi connectivity index (χ0v) is 11.0. The number of nitrogens with zero attached hydrogens (tertiary/aromatic N) is 2. The van der Waals surface area contributed by atoms with Gasteiger partial charge in [-0.3, -0.25) is 0 Å². The Kier molecular flexibility index (Phi) is 3.12. The second-order valence-corrected chi connectivity index (χ2v) is 4.78. The van der Waals surface area contributed by atoms with Crippen LogP contribution in [-0.2, 0) is 6.54 Å². The minimum Gasteiger partial charge on any atom is -0.326 e. The Morgan fingerprint density at radius 3 is 2.56 bits per heavy atom. The van der Waals surface area contributed by atoms with Crippen LogP contribution in [0.25, 0.3) is 5.69 Å². The lowest BCUT2D eigenvalue weighted by Gasteiger charge is -2.07. The molecule has 0 aliphatic carbocycles. The van der Waals surface area contributed by atoms with E-state index in [9.17, 15) is 0 Å². The summed E-state index contributed by atoms with van der Waals surface area (Å²) in [7, 11) is 0. The summed E-state index contributed by atoms with van der Waals surface area (Å²) in [4.78, 5) is 0. The Bertz CT molecular complexity index is 517. The van der Waals surface area contributed by atoms with E-state index in [1.165, 1.54) is 0 Å². The van der Waals surface area contributed by atoms with Gasteiger partial charge in [0.05, 0.1) is 11.4 Å². The van der Waals surface area contributed by atoms with E-state index in [4.69, 9.17) is 5.73 Å². The topological polar surface area (TPSA) is 43.8 Å². The first-order valence-electron chi connectivity index (χ1n) is 5.13. The third kappa shape index (κ3) is 2.18. The normalized spacial score (nSPS) is 10.8. The first-order chi connectivity index (χ1) is 7.60. The molecular weight excluding hydrogens is 266 g/mol. The van der Waals surface area contributed by atoms with Gasteiger partial charge in [-0.25, -0.2) is 4.68 Å². The minimum atomic E-state index is 0.533. The van der Waals surface area contributed by atoms with Gasteiger partial charge in [-0.05, 0) is 43.7 Å². The molecule has 0 spiro atoms. The Morgan fingerprint density at radius 1 is 1.25 bits per heavy atom. The van der Waals surface area contributed by atoms with Crippen molar-refractivity contribution in [1.29, 1.82) is 0 Å². The predicted molar refractivity (Wildman–Crippen MR) is 68.6 cm³/mol. The van der Waals surface area contributed by atoms with E-state index in [1.54, 1.807) is 0 Å². The molecule has 16 heavy (non-hydrogen) atoms. The van der Waals surface area contributed by atoms with Gasteiger partial charge in [0, 0.05) is 16.7 Å². The number of aryl methyl sites for hydroxylation is 2. The van der Waals surface area contributed by atoms with Crippen LogP contribution in [0.5, 0.6) is 0 Å². The average molecular weight is 280 g/mol. The largest absolute Gasteiger partial charge is 0.326 e. The lowest BCUT2D eigenvalue weighted by atomic mass is 10.2. The fourth-order valence-corrected chi connectivity index (χ4v) is 2.29. The maximum atomic E-state index is 5.66. The van der Waals surface area contributed by atoms with Crippen LogP contribution in [0.2, 0.25) is 0 Å². The summed E-state index contributed by atoms with van der Waals surface area (Å²) in [6, 6.07) is 8.18. The number of halogens is 1. The smallest absolute Gasteiger partial charge is 0.0663 e. The molecule has 0 aliphatic heterocycles. The van der Waals surface area contributed by atoms with E-state index in [2.05, 4.69) is 33.2 Å². The van der Waals surface area contributed by atoms with Gasteiger partial charge in [-0.1, -0.05) is 15.9 Å². The zero-order chi connectivity index (χ0) is 11.7. The molecule has 4 heteroatoms. The molecule has 1 heterocycles. The second kappa shape index (κ2) is 4.39. The molecule has 0 bridgehead atoms. The van der Waals surface area contributed by atoms with Crippen molar-refractivity contribution in [3.05, 3.63) is 45.7 Å². The molecule has 3 nitrogen and oxygen atoms in total. The summed E-state index contributed by atoms with van der Waals surface area (Å²) in [5.41, 5.74) is 9.94. The van der Waals surface area contributed by atoms with Gasteiger partial charge in [0.15, 0.2) is 0 Å². The summed E-state index contributed by atoms with van der Waals surface area (Å²) in [5, 5.41) is 4.45. The molecule has 2 aromatic rings. The van der Waals surface area contributed by atoms with Gasteiger partial charge in [0.2, 0.25) is 0 Å². The van der Waals surface area contributed by atoms with Gasteiger partial charge in [0.25, 0.3) is 0 Å². The highest BCUT2D eigenvalue weighted by atomic mass is 79.9. The predicted octanol–water partition coefficient (Wildman–Crippen LogP) is 2.71. The Morgan fingerprint density at radius 2 is 2.00 bits per heavy atom. The fourth-order valence-electron chi connectivity index (χ4n) is 1.76. The molecule has 0 atom stereocenters. The number of hydrogen-bond acceptors (Lipinski definition) is 2. The highest BCUT2D eigenvalue weighted by Crippen LogP contribution is 2.20. The number of hydrogen-bond donors (Lipinski definition) is 1. The number of aromatic nitrogens is 2. The van der Waals surface area contributed by atoms with Crippen molar-refractivity contribution < 1.29 is 0 Å². The lowest BCUT2D eigenvalue weighted by molar-refractivity contribution is 0.830. The standard InChI is InChI=1S/C12H14BrN3/c1-8-3-9(2)16(15-8)12-5-10(7-14)4-11(13)6-12/h3-6H,7,14H2,1-2H3. The molecule has 0 saturated carbocycles. The highest BCUT2D eigenvalue weighted by molar-refractivity contribution is 9.10. The van der Waals surface area contributed by atoms with Crippen LogP contribution in [0.4, 0.5) is 0 Å². The van der Waals surface area contributed by atoms with Crippen molar-refractivity contribution in [2.75, 3.05) is 0 Å². The summed E-state index contributed by atoms with van der Waals surface area (Å²) < 4.78 is 2.96. The third-order valence-corrected chi connectivity index (χ3v) is 2.89. The van der Waals surface area contributed by atoms with Crippen molar-refractivity contribution in [2.45, 2.75) is 20.4 Å². The third-order valence-electron chi connectivity index (χ3n) is 2.43. The molecule has 84 valence electrons. The van der Waals surface area contributed by atoms with E-state index >= 15 is 0 Å². The Balaban J connectivity index is 2.55. The maximum Gasteiger partial charge on any atom is 0.0663 e. The van der Waals surface area contributed by atoms with Gasteiger partial charge in [-0.2, -0.15) is 5.10 Å². The van der Waals surface area contributed by atoms with Gasteiger partial charge in [-0.15, -0.1) is 0 Å². The number of benzene rings is 1. The number of nitrogens with two attached hydrogens (primary N) is 1. The molecule has 0 unspecified atom stereocenters. The molecule has 0 amide bonds. The molecule has 0 fully saturated rings. The van der Waals surface area contributed by atoms with E-state index in [1.807, 2.05) is 30.7 Å². The van der Waals surface area contributed by atoms with Crippen LogP contribution in [0.3, 0.4) is 0 Å². The van der Waals surface area contributed by atoms with E-state index in [-0.39, 0.29) is 0 Å². The van der Waals surface area contributed by atoms with Crippen LogP contribution >= 0.6 is 15.9 Å². The van der Waals surface area contributed by atoms with Crippen LogP contribution in [0.1, 0.15) is 17.0 Å². The van der Waals surface area contributed by atoms with Gasteiger partial charge in [0.1, 0.15) is 0 Å². The van der Waals surface area contributed by atoms with Crippen LogP contribution in [0, 0.1) is 13.8 Å². The second-order valence-electron chi connectivity index (χ2n) is 3.86. The van der Waals surface area contributed by atoms with E-state index in [0.717, 1.165) is 27.1 Å². The van der Waals surface area contributed by atoms with Crippen molar-refractivity contribution in [3.63, 3.8) is 0 Å². The molecule has 2 rings (SSSR count). The summed E-state index contributed by atoms with van der Waals surface area (Å²) >= 11 is 3.49. The van der Waals surface area contributed by atoms with Crippen LogP contribution < -0.4 is 5.73 Å². The highest BCUT2D eigenvalue weighted by Gasteiger charge is 2.05. The molecule has 1 aromatic carbocycles. The fraction of sp³-hybridized carbons (Fsp3) is 0.250. The first kappa shape index (κ1) is 11.4. The van der Waals surface area contributed by atoms with Crippen molar-refractivity contribution in [2.24, 2.45) is 5.73 Å². The van der Waals surface area contributed by atoms with Crippen LogP contribution in [-0.4, -0.2) is 9.78 Å². The lowest BCUT2D eigenvalue weighted by Crippen LogP contribution is -2.02. The molecule has 1 aromatic heterocycles. The van der Waals surface area contributed by atoms with Crippen molar-refractivity contribution in [3.8, 4) is 5.69 Å². The van der Waals surface area contributed by atoms with E-state index < -0.39 is 0 Å². The Hall–Kier alpha value is -1.13. The molecule has 2 N–H and O–H groups in total. The zero-order valence-electron chi connectivity index (χ0n) is 9.37. The molecule has 0 radical (unpaired) electrons. The SMILES string of the molecule is Cc1cc(C)n(-c2cc(Br)cc(CN)c2)n1. The van der Waals surface area contributed by atoms with Crippen LogP contribution in [0.15, 0.2) is 28.7 Å². The maximum absolute atomic E-state index is 5.66. The van der Waals surface area contributed by atoms with Gasteiger partial charge < -0.3 is 5.73 Å². The Labute approximate surface area is 103 Å². The van der Waals surface area contributed by atoms with Gasteiger partial charge >= 0.3 is 0 Å². The average Bonchev–Trinajstić information content (AvgIpc) is 2.57.